The molecule has 7 nitrogen and oxygen atoms in total. The van der Waals surface area contributed by atoms with Crippen molar-refractivity contribution in [1.29, 1.82) is 0 Å². The standard InChI is InChI=1S/C35H34Cl2F3N3O4S/c1-34(2,3)41-33(45)31(20-24-10-6-4-7-11-24)42(22-25-14-16-26(36)17-15-25)32(44)23-43(48(46,47)28-12-8-5-9-13-28)27-18-19-30(37)29(21-27)35(38,39)40/h4-19,21,31H,20,22-23H2,1-3H3,(H,41,45). The lowest BCUT2D eigenvalue weighted by atomic mass is 10.0. The first-order valence-electron chi connectivity index (χ1n) is 14.8. The number of nitrogens with zero attached hydrogens (tertiary/aromatic N) is 2. The summed E-state index contributed by atoms with van der Waals surface area (Å²) in [7, 11) is -4.61. The highest BCUT2D eigenvalue weighted by Gasteiger charge is 2.38. The highest BCUT2D eigenvalue weighted by Crippen LogP contribution is 2.38. The molecule has 254 valence electrons. The van der Waals surface area contributed by atoms with Crippen molar-refractivity contribution in [3.8, 4) is 0 Å². The fourth-order valence-corrected chi connectivity index (χ4v) is 6.71. The largest absolute Gasteiger partial charge is 0.417 e. The van der Waals surface area contributed by atoms with E-state index in [-0.39, 0.29) is 17.9 Å². The molecule has 0 saturated carbocycles. The molecule has 0 fully saturated rings. The maximum atomic E-state index is 14.5. The summed E-state index contributed by atoms with van der Waals surface area (Å²) in [6.45, 7) is 4.27. The van der Waals surface area contributed by atoms with Gasteiger partial charge < -0.3 is 10.2 Å². The van der Waals surface area contributed by atoms with Crippen LogP contribution in [-0.4, -0.2) is 43.3 Å². The number of carbonyl (C=O) groups is 2. The van der Waals surface area contributed by atoms with E-state index in [2.05, 4.69) is 5.32 Å². The van der Waals surface area contributed by atoms with Gasteiger partial charge in [0.15, 0.2) is 0 Å². The van der Waals surface area contributed by atoms with Gasteiger partial charge in [-0.2, -0.15) is 13.2 Å². The first-order valence-corrected chi connectivity index (χ1v) is 17.0. The second kappa shape index (κ2) is 15.0. The number of nitrogens with one attached hydrogen (secondary N) is 1. The summed E-state index contributed by atoms with van der Waals surface area (Å²) in [5.74, 6) is -1.34. The highest BCUT2D eigenvalue weighted by atomic mass is 35.5. The molecular formula is C35H34Cl2F3N3O4S. The summed E-state index contributed by atoms with van der Waals surface area (Å²) >= 11 is 12.0. The third kappa shape index (κ3) is 9.52. The Hall–Kier alpha value is -4.06. The minimum Gasteiger partial charge on any atom is -0.350 e. The molecule has 0 aliphatic heterocycles. The molecular weight excluding hydrogens is 686 g/mol. The Balaban J connectivity index is 1.87. The maximum Gasteiger partial charge on any atom is 0.417 e. The molecule has 4 aromatic carbocycles. The highest BCUT2D eigenvalue weighted by molar-refractivity contribution is 7.92. The van der Waals surface area contributed by atoms with Gasteiger partial charge in [0.25, 0.3) is 10.0 Å². The molecule has 2 amide bonds. The number of hydrogen-bond acceptors (Lipinski definition) is 4. The number of rotatable bonds is 11. The number of anilines is 1. The summed E-state index contributed by atoms with van der Waals surface area (Å²) in [6, 6.07) is 24.0. The maximum absolute atomic E-state index is 14.5. The third-order valence-electron chi connectivity index (χ3n) is 7.19. The lowest BCUT2D eigenvalue weighted by Crippen LogP contribution is -2.56. The first kappa shape index (κ1) is 36.8. The number of alkyl halides is 3. The van der Waals surface area contributed by atoms with Gasteiger partial charge in [0, 0.05) is 23.5 Å². The van der Waals surface area contributed by atoms with Gasteiger partial charge in [-0.05, 0) is 74.4 Å². The van der Waals surface area contributed by atoms with Crippen LogP contribution in [0.3, 0.4) is 0 Å². The number of sulfonamides is 1. The van der Waals surface area contributed by atoms with E-state index < -0.39 is 62.4 Å². The molecule has 0 radical (unpaired) electrons. The van der Waals surface area contributed by atoms with Crippen molar-refractivity contribution >= 4 is 50.7 Å². The topological polar surface area (TPSA) is 86.8 Å². The van der Waals surface area contributed by atoms with Crippen LogP contribution in [-0.2, 0) is 38.8 Å². The molecule has 0 bridgehead atoms. The first-order chi connectivity index (χ1) is 22.5. The Morgan fingerprint density at radius 3 is 1.96 bits per heavy atom. The average Bonchev–Trinajstić information content (AvgIpc) is 3.02. The van der Waals surface area contributed by atoms with E-state index >= 15 is 0 Å². The Morgan fingerprint density at radius 1 is 0.812 bits per heavy atom. The van der Waals surface area contributed by atoms with Crippen molar-refractivity contribution in [2.75, 3.05) is 10.8 Å². The molecule has 0 saturated heterocycles. The van der Waals surface area contributed by atoms with Crippen LogP contribution in [0.2, 0.25) is 10.0 Å². The van der Waals surface area contributed by atoms with E-state index in [1.807, 2.05) is 0 Å². The molecule has 4 aromatic rings. The summed E-state index contributed by atoms with van der Waals surface area (Å²) in [4.78, 5) is 29.4. The van der Waals surface area contributed by atoms with Crippen molar-refractivity contribution in [2.45, 2.75) is 56.4 Å². The van der Waals surface area contributed by atoms with Crippen molar-refractivity contribution in [2.24, 2.45) is 0 Å². The minimum absolute atomic E-state index is 0.0622. The fourth-order valence-electron chi connectivity index (χ4n) is 4.93. The molecule has 4 rings (SSSR count). The zero-order chi connectivity index (χ0) is 35.3. The van der Waals surface area contributed by atoms with E-state index in [1.54, 1.807) is 81.4 Å². The van der Waals surface area contributed by atoms with Crippen LogP contribution in [0.5, 0.6) is 0 Å². The van der Waals surface area contributed by atoms with Crippen LogP contribution in [0.1, 0.15) is 37.5 Å². The predicted molar refractivity (Wildman–Crippen MR) is 181 cm³/mol. The van der Waals surface area contributed by atoms with Crippen LogP contribution < -0.4 is 9.62 Å². The molecule has 0 spiro atoms. The van der Waals surface area contributed by atoms with E-state index in [9.17, 15) is 31.2 Å². The SMILES string of the molecule is CC(C)(C)NC(=O)C(Cc1ccccc1)N(Cc1ccc(Cl)cc1)C(=O)CN(c1ccc(Cl)c(C(F)(F)F)c1)S(=O)(=O)c1ccccc1. The van der Waals surface area contributed by atoms with E-state index in [1.165, 1.54) is 29.2 Å². The zero-order valence-electron chi connectivity index (χ0n) is 26.3. The van der Waals surface area contributed by atoms with E-state index in [0.717, 1.165) is 17.7 Å². The summed E-state index contributed by atoms with van der Waals surface area (Å²) in [5.41, 5.74) is -1.10. The van der Waals surface area contributed by atoms with Gasteiger partial charge in [0.2, 0.25) is 11.8 Å². The second-order valence-electron chi connectivity index (χ2n) is 12.1. The second-order valence-corrected chi connectivity index (χ2v) is 14.8. The van der Waals surface area contributed by atoms with Crippen LogP contribution in [0.25, 0.3) is 0 Å². The molecule has 13 heteroatoms. The van der Waals surface area contributed by atoms with Crippen molar-refractivity contribution in [1.82, 2.24) is 10.2 Å². The minimum atomic E-state index is -4.91. The van der Waals surface area contributed by atoms with Gasteiger partial charge in [-0.3, -0.25) is 13.9 Å². The van der Waals surface area contributed by atoms with Crippen LogP contribution in [0.15, 0.2) is 108 Å². The molecule has 1 atom stereocenters. The normalized spacial score (nSPS) is 12.7. The van der Waals surface area contributed by atoms with Gasteiger partial charge in [0.1, 0.15) is 12.6 Å². The molecule has 0 aromatic heterocycles. The molecule has 1 N–H and O–H groups in total. The molecule has 0 aliphatic rings. The van der Waals surface area contributed by atoms with Gasteiger partial charge in [-0.25, -0.2) is 8.42 Å². The van der Waals surface area contributed by atoms with Crippen molar-refractivity contribution < 1.29 is 31.2 Å². The Labute approximate surface area is 288 Å². The molecule has 0 heterocycles. The Morgan fingerprint density at radius 2 is 1.40 bits per heavy atom. The Kier molecular flexibility index (Phi) is 11.5. The zero-order valence-corrected chi connectivity index (χ0v) is 28.7. The fraction of sp³-hybridized carbons (Fsp3) is 0.257. The van der Waals surface area contributed by atoms with Gasteiger partial charge in [-0.1, -0.05) is 83.9 Å². The van der Waals surface area contributed by atoms with Crippen LogP contribution >= 0.6 is 23.2 Å². The molecule has 0 aliphatic carbocycles. The molecule has 48 heavy (non-hydrogen) atoms. The van der Waals surface area contributed by atoms with Gasteiger partial charge in [-0.15, -0.1) is 0 Å². The number of amides is 2. The number of carbonyl (C=O) groups excluding carboxylic acids is 2. The summed E-state index contributed by atoms with van der Waals surface area (Å²) < 4.78 is 70.5. The third-order valence-corrected chi connectivity index (χ3v) is 9.56. The molecule has 1 unspecified atom stereocenters. The lowest BCUT2D eigenvalue weighted by Gasteiger charge is -2.35. The van der Waals surface area contributed by atoms with Crippen LogP contribution in [0.4, 0.5) is 18.9 Å². The predicted octanol–water partition coefficient (Wildman–Crippen LogP) is 7.76. The van der Waals surface area contributed by atoms with Crippen molar-refractivity contribution in [3.05, 3.63) is 130 Å². The van der Waals surface area contributed by atoms with Crippen molar-refractivity contribution in [3.63, 3.8) is 0 Å². The lowest BCUT2D eigenvalue weighted by molar-refractivity contribution is -0.140. The monoisotopic (exact) mass is 719 g/mol. The summed E-state index contributed by atoms with van der Waals surface area (Å²) in [5, 5.41) is 2.71. The van der Waals surface area contributed by atoms with Gasteiger partial charge in [0.05, 0.1) is 21.2 Å². The smallest absolute Gasteiger partial charge is 0.350 e. The Bertz CT molecular complexity index is 1840. The van der Waals surface area contributed by atoms with E-state index in [0.29, 0.717) is 21.0 Å². The quantitative estimate of drug-likeness (QED) is 0.172. The summed E-state index contributed by atoms with van der Waals surface area (Å²) in [6.07, 6.45) is -4.85. The number of benzene rings is 4. The number of halogens is 5. The van der Waals surface area contributed by atoms with Gasteiger partial charge >= 0.3 is 6.18 Å². The van der Waals surface area contributed by atoms with Crippen LogP contribution in [0, 0.1) is 0 Å². The average molecular weight is 721 g/mol. The number of hydrogen-bond donors (Lipinski definition) is 1. The van der Waals surface area contributed by atoms with E-state index in [4.69, 9.17) is 23.2 Å².